The molecule has 0 amide bonds. The standard InChI is InChI=1S/C83H138O16P2/c1-4-7-10-13-16-19-22-25-28-30-32-34-36-38-40-42-44-46-49-51-54-57-60-63-66-69-81(86)93-72-78(84)73-95-100(89,90)96-74-79(85)75-97-101(91,92)98-77-80(99-83(88)71-68-65-62-59-56-53-48-27-24-21-18-15-12-9-6-3)76-94-82(87)70-67-64-61-58-55-52-50-47-45-43-41-39-37-35-33-31-29-26-23-20-17-14-11-8-5-2/h7-8,10-11,16-21,25-29,32-35,38-41,44,46,48,78-80,84-85H,4-6,9,12-15,22-24,30-31,36-37,42-43,45,47,49-77H2,1-3H3,(H,89,90)(H,91,92)/b10-7-,11-8-,19-16-,20-17-,21-18-,28-25-,29-26-,34-32-,35-33-,40-38-,41-39-,46-44-,48-27-. The van der Waals surface area contributed by atoms with Gasteiger partial charge in [-0.15, -0.1) is 0 Å². The van der Waals surface area contributed by atoms with Crippen molar-refractivity contribution in [2.24, 2.45) is 0 Å². The molecule has 5 unspecified atom stereocenters. The molecule has 0 aliphatic rings. The number of hydrogen-bond acceptors (Lipinski definition) is 14. The van der Waals surface area contributed by atoms with E-state index in [0.29, 0.717) is 19.3 Å². The van der Waals surface area contributed by atoms with Crippen LogP contribution in [0.4, 0.5) is 0 Å². The fourth-order valence-electron chi connectivity index (χ4n) is 9.87. The summed E-state index contributed by atoms with van der Waals surface area (Å²) in [4.78, 5) is 58.6. The molecule has 16 nitrogen and oxygen atoms in total. The van der Waals surface area contributed by atoms with E-state index in [1.165, 1.54) is 44.9 Å². The molecule has 18 heteroatoms. The van der Waals surface area contributed by atoms with Gasteiger partial charge in [0.25, 0.3) is 0 Å². The van der Waals surface area contributed by atoms with Crippen molar-refractivity contribution in [3.8, 4) is 0 Å². The summed E-state index contributed by atoms with van der Waals surface area (Å²) in [7, 11) is -9.81. The Labute approximate surface area is 612 Å². The third kappa shape index (κ3) is 76.1. The van der Waals surface area contributed by atoms with E-state index in [1.807, 2.05) is 0 Å². The highest BCUT2D eigenvalue weighted by Gasteiger charge is 2.29. The molecule has 0 aliphatic carbocycles. The van der Waals surface area contributed by atoms with Crippen LogP contribution in [0.3, 0.4) is 0 Å². The molecule has 0 aromatic heterocycles. The second-order valence-electron chi connectivity index (χ2n) is 25.4. The SMILES string of the molecule is CC/C=C\C/C=C\C/C=C\C/C=C\C/C=C\C/C=C\CCCCCCCCC(=O)OCC(O)COP(=O)(O)OCC(O)COP(=O)(O)OCC(COC(=O)CCCCCCCCCCC/C=C\C/C=C\C/C=C\C/C=C\C/C=C\CC)OC(=O)CCCCCCC/C=C\C/C=C\CCCCC. The van der Waals surface area contributed by atoms with E-state index >= 15 is 0 Å². The maximum Gasteiger partial charge on any atom is 0.472 e. The Balaban J connectivity index is 4.64. The van der Waals surface area contributed by atoms with Crippen LogP contribution in [0.2, 0.25) is 0 Å². The van der Waals surface area contributed by atoms with Gasteiger partial charge in [0, 0.05) is 19.3 Å². The zero-order chi connectivity index (χ0) is 73.7. The van der Waals surface area contributed by atoms with E-state index in [0.717, 1.165) is 186 Å². The number of aliphatic hydroxyl groups is 2. The van der Waals surface area contributed by atoms with Gasteiger partial charge in [0.1, 0.15) is 25.4 Å². The van der Waals surface area contributed by atoms with E-state index in [-0.39, 0.29) is 19.3 Å². The number of phosphoric ester groups is 2. The normalized spacial score (nSPS) is 14.9. The molecule has 0 fully saturated rings. The lowest BCUT2D eigenvalue weighted by molar-refractivity contribution is -0.161. The second kappa shape index (κ2) is 74.9. The zero-order valence-electron chi connectivity index (χ0n) is 62.8. The van der Waals surface area contributed by atoms with Gasteiger partial charge >= 0.3 is 33.6 Å². The predicted octanol–water partition coefficient (Wildman–Crippen LogP) is 22.6. The smallest absolute Gasteiger partial charge is 0.463 e. The number of carbonyl (C=O) groups is 3. The van der Waals surface area contributed by atoms with Gasteiger partial charge in [-0.3, -0.25) is 32.5 Å². The molecular formula is C83H138O16P2. The molecule has 4 N–H and O–H groups in total. The topological polar surface area (TPSA) is 231 Å². The molecule has 0 heterocycles. The van der Waals surface area contributed by atoms with Gasteiger partial charge in [-0.1, -0.05) is 281 Å². The number of carbonyl (C=O) groups excluding carboxylic acids is 3. The summed E-state index contributed by atoms with van der Waals surface area (Å²) in [6.45, 7) is 2.38. The highest BCUT2D eigenvalue weighted by Crippen LogP contribution is 2.45. The highest BCUT2D eigenvalue weighted by molar-refractivity contribution is 7.47. The number of aliphatic hydroxyl groups excluding tert-OH is 2. The quantitative estimate of drug-likeness (QED) is 0.0146. The molecule has 0 spiro atoms. The number of rotatable bonds is 72. The molecule has 0 saturated carbocycles. The summed E-state index contributed by atoms with van der Waals surface area (Å²) in [5.74, 6) is -1.62. The van der Waals surface area contributed by atoms with Gasteiger partial charge in [0.05, 0.1) is 26.4 Å². The molecule has 0 rings (SSSR count). The molecule has 0 aromatic carbocycles. The van der Waals surface area contributed by atoms with Crippen molar-refractivity contribution >= 4 is 33.6 Å². The van der Waals surface area contributed by atoms with Crippen molar-refractivity contribution in [3.05, 3.63) is 158 Å². The maximum atomic E-state index is 13.0. The first-order valence-corrected chi connectivity index (χ1v) is 41.8. The van der Waals surface area contributed by atoms with Crippen LogP contribution < -0.4 is 0 Å². The summed E-state index contributed by atoms with van der Waals surface area (Å²) in [6.07, 6.45) is 92.8. The fraction of sp³-hybridized carbons (Fsp3) is 0.651. The molecular weight excluding hydrogens is 1310 g/mol. The third-order valence-electron chi connectivity index (χ3n) is 15.7. The minimum atomic E-state index is -4.94. The Morgan fingerprint density at radius 2 is 0.525 bits per heavy atom. The second-order valence-corrected chi connectivity index (χ2v) is 28.3. The number of esters is 3. The first-order valence-electron chi connectivity index (χ1n) is 38.8. The molecule has 0 aliphatic heterocycles. The van der Waals surface area contributed by atoms with Gasteiger partial charge in [0.15, 0.2) is 6.10 Å². The van der Waals surface area contributed by atoms with Gasteiger partial charge in [0.2, 0.25) is 0 Å². The number of unbranched alkanes of at least 4 members (excludes halogenated alkanes) is 23. The van der Waals surface area contributed by atoms with Gasteiger partial charge < -0.3 is 34.2 Å². The Kier molecular flexibility index (Phi) is 71.3. The van der Waals surface area contributed by atoms with Gasteiger partial charge in [-0.25, -0.2) is 9.13 Å². The first-order chi connectivity index (χ1) is 49.2. The summed E-state index contributed by atoms with van der Waals surface area (Å²) in [5, 5.41) is 20.6. The summed E-state index contributed by atoms with van der Waals surface area (Å²) in [6, 6.07) is 0. The Morgan fingerprint density at radius 1 is 0.287 bits per heavy atom. The van der Waals surface area contributed by atoms with E-state index in [4.69, 9.17) is 32.3 Å². The van der Waals surface area contributed by atoms with Crippen LogP contribution in [0.5, 0.6) is 0 Å². The molecule has 0 bridgehead atoms. The lowest BCUT2D eigenvalue weighted by atomic mass is 10.1. The van der Waals surface area contributed by atoms with Crippen molar-refractivity contribution in [1.29, 1.82) is 0 Å². The van der Waals surface area contributed by atoms with Crippen molar-refractivity contribution in [3.63, 3.8) is 0 Å². The maximum absolute atomic E-state index is 13.0. The van der Waals surface area contributed by atoms with Crippen LogP contribution in [-0.4, -0.2) is 95.9 Å². The van der Waals surface area contributed by atoms with Gasteiger partial charge in [-0.2, -0.15) is 0 Å². The van der Waals surface area contributed by atoms with Crippen molar-refractivity contribution < 1.29 is 75.8 Å². The van der Waals surface area contributed by atoms with Crippen LogP contribution in [0.15, 0.2) is 158 Å². The van der Waals surface area contributed by atoms with Crippen molar-refractivity contribution in [1.82, 2.24) is 0 Å². The Bertz CT molecular complexity index is 2470. The lowest BCUT2D eigenvalue weighted by Gasteiger charge is -2.21. The average molecular weight is 1450 g/mol. The van der Waals surface area contributed by atoms with E-state index in [9.17, 15) is 43.5 Å². The van der Waals surface area contributed by atoms with Crippen LogP contribution >= 0.6 is 15.6 Å². The van der Waals surface area contributed by atoms with Crippen LogP contribution in [-0.2, 0) is 55.8 Å². The molecule has 0 aromatic rings. The van der Waals surface area contributed by atoms with Gasteiger partial charge in [-0.05, 0) is 148 Å². The molecule has 0 saturated heterocycles. The lowest BCUT2D eigenvalue weighted by Crippen LogP contribution is -2.30. The minimum Gasteiger partial charge on any atom is -0.463 e. The summed E-state index contributed by atoms with van der Waals surface area (Å²) < 4.78 is 61.1. The number of ether oxygens (including phenoxy) is 3. The molecule has 0 radical (unpaired) electrons. The molecule has 576 valence electrons. The first kappa shape index (κ1) is 96.2. The van der Waals surface area contributed by atoms with Crippen LogP contribution in [0.1, 0.15) is 290 Å². The highest BCUT2D eigenvalue weighted by atomic mass is 31.2. The number of phosphoric acid groups is 2. The van der Waals surface area contributed by atoms with E-state index in [1.54, 1.807) is 0 Å². The summed E-state index contributed by atoms with van der Waals surface area (Å²) >= 11 is 0. The van der Waals surface area contributed by atoms with Crippen LogP contribution in [0.25, 0.3) is 0 Å². The zero-order valence-corrected chi connectivity index (χ0v) is 64.6. The average Bonchev–Trinajstić information content (AvgIpc) is 1.19. The largest absolute Gasteiger partial charge is 0.472 e. The van der Waals surface area contributed by atoms with E-state index < -0.39 is 91.5 Å². The molecule has 5 atom stereocenters. The van der Waals surface area contributed by atoms with Crippen molar-refractivity contribution in [2.45, 2.75) is 309 Å². The minimum absolute atomic E-state index is 0.0825. The summed E-state index contributed by atoms with van der Waals surface area (Å²) in [5.41, 5.74) is 0. The molecule has 101 heavy (non-hydrogen) atoms. The van der Waals surface area contributed by atoms with Crippen LogP contribution in [0, 0.1) is 0 Å². The Morgan fingerprint density at radius 3 is 0.832 bits per heavy atom. The predicted molar refractivity (Wildman–Crippen MR) is 417 cm³/mol. The van der Waals surface area contributed by atoms with E-state index in [2.05, 4.69) is 179 Å². The van der Waals surface area contributed by atoms with Crippen molar-refractivity contribution in [2.75, 3.05) is 39.6 Å². The number of allylic oxidation sites excluding steroid dienone is 26. The monoisotopic (exact) mass is 1450 g/mol. The Hall–Kier alpha value is -4.83. The third-order valence-corrected chi connectivity index (χ3v) is 17.6. The fourth-order valence-corrected chi connectivity index (χ4v) is 11.5. The number of hydrogen-bond donors (Lipinski definition) is 4.